The maximum Gasteiger partial charge on any atom is 0.328 e. The number of primary amides is 1. The van der Waals surface area contributed by atoms with E-state index in [0.717, 1.165) is 37.7 Å². The van der Waals surface area contributed by atoms with Crippen LogP contribution in [0, 0.1) is 5.41 Å². The Morgan fingerprint density at radius 1 is 1.00 bits per heavy atom. The number of carboxylic acid groups (broad SMARTS) is 1. The molecular weight excluding hydrogens is 442 g/mol. The van der Waals surface area contributed by atoms with Crippen molar-refractivity contribution in [3.8, 4) is 0 Å². The number of unbranched alkanes of at least 4 members (excludes halogenated alkanes) is 5. The van der Waals surface area contributed by atoms with Crippen molar-refractivity contribution in [3.05, 3.63) is 35.9 Å². The number of carbonyl (C=O) groups excluding carboxylic acids is 4. The Bertz CT molecular complexity index is 826. The molecule has 188 valence electrons. The van der Waals surface area contributed by atoms with Crippen LogP contribution in [0.2, 0.25) is 0 Å². The summed E-state index contributed by atoms with van der Waals surface area (Å²) in [6, 6.07) is 8.18. The summed E-state index contributed by atoms with van der Waals surface area (Å²) >= 11 is 0. The van der Waals surface area contributed by atoms with E-state index in [1.807, 2.05) is 41.0 Å². The van der Waals surface area contributed by atoms with E-state index in [0.29, 0.717) is 12.8 Å². The first-order valence-corrected chi connectivity index (χ1v) is 11.3. The molecule has 0 aliphatic carbocycles. The molecule has 11 heteroatoms. The van der Waals surface area contributed by atoms with Crippen molar-refractivity contribution in [2.45, 2.75) is 70.8 Å². The molecule has 1 saturated heterocycles. The zero-order chi connectivity index (χ0) is 25.6. The zero-order valence-electron chi connectivity index (χ0n) is 19.5. The Kier molecular flexibility index (Phi) is 12.5. The monoisotopic (exact) mass is 477 g/mol. The molecule has 0 radical (unpaired) electrons. The highest BCUT2D eigenvalue weighted by Gasteiger charge is 2.51. The van der Waals surface area contributed by atoms with Gasteiger partial charge in [0, 0.05) is 0 Å². The molecule has 8 N–H and O–H groups in total. The van der Waals surface area contributed by atoms with Crippen molar-refractivity contribution in [2.24, 2.45) is 17.0 Å². The summed E-state index contributed by atoms with van der Waals surface area (Å²) in [4.78, 5) is 56.8. The lowest BCUT2D eigenvalue weighted by Gasteiger charge is -2.32. The fourth-order valence-corrected chi connectivity index (χ4v) is 3.61. The van der Waals surface area contributed by atoms with Crippen molar-refractivity contribution >= 4 is 29.7 Å². The van der Waals surface area contributed by atoms with E-state index in [1.165, 1.54) is 0 Å². The van der Waals surface area contributed by atoms with E-state index >= 15 is 0 Å². The van der Waals surface area contributed by atoms with Gasteiger partial charge >= 0.3 is 12.0 Å². The maximum absolute atomic E-state index is 12.0. The number of hydrazine groups is 1. The van der Waals surface area contributed by atoms with Gasteiger partial charge in [0.05, 0.1) is 6.42 Å². The Morgan fingerprint density at radius 3 is 2.06 bits per heavy atom. The van der Waals surface area contributed by atoms with E-state index in [2.05, 4.69) is 12.3 Å². The third-order valence-corrected chi connectivity index (χ3v) is 5.56. The number of nitrogens with two attached hydrogens (primary N) is 2. The molecule has 34 heavy (non-hydrogen) atoms. The van der Waals surface area contributed by atoms with Gasteiger partial charge < -0.3 is 10.8 Å². The Labute approximate surface area is 199 Å². The van der Waals surface area contributed by atoms with Gasteiger partial charge in [-0.1, -0.05) is 75.8 Å². The second-order valence-corrected chi connectivity index (χ2v) is 8.22. The lowest BCUT2D eigenvalue weighted by Crippen LogP contribution is -2.62. The molecule has 0 unspecified atom stereocenters. The Balaban J connectivity index is 0.000000380. The zero-order valence-corrected chi connectivity index (χ0v) is 19.5. The highest BCUT2D eigenvalue weighted by molar-refractivity contribution is 6.20. The lowest BCUT2D eigenvalue weighted by molar-refractivity contribution is -0.154. The first kappa shape index (κ1) is 28.7. The van der Waals surface area contributed by atoms with E-state index in [4.69, 9.17) is 16.7 Å². The van der Waals surface area contributed by atoms with Crippen molar-refractivity contribution in [1.82, 2.24) is 16.1 Å². The van der Waals surface area contributed by atoms with Crippen LogP contribution >= 0.6 is 0 Å². The maximum atomic E-state index is 12.0. The molecule has 1 atom stereocenters. The van der Waals surface area contributed by atoms with Crippen LogP contribution in [-0.4, -0.2) is 40.9 Å². The van der Waals surface area contributed by atoms with E-state index in [9.17, 15) is 24.0 Å². The number of hydrogen-bond acceptors (Lipinski definition) is 7. The molecule has 1 aromatic carbocycles. The van der Waals surface area contributed by atoms with Crippen LogP contribution in [0.4, 0.5) is 4.79 Å². The fourth-order valence-electron chi connectivity index (χ4n) is 3.61. The van der Waals surface area contributed by atoms with Gasteiger partial charge in [-0.05, 0) is 18.4 Å². The largest absolute Gasteiger partial charge is 0.481 e. The fraction of sp³-hybridized carbons (Fsp3) is 0.522. The minimum atomic E-state index is -1.68. The minimum absolute atomic E-state index is 0.135. The number of urea groups is 1. The van der Waals surface area contributed by atoms with Gasteiger partial charge in [-0.2, -0.15) is 0 Å². The molecule has 5 amide bonds. The second kappa shape index (κ2) is 14.8. The van der Waals surface area contributed by atoms with Gasteiger partial charge in [-0.25, -0.2) is 10.2 Å². The molecule has 0 saturated carbocycles. The number of barbiturate groups is 1. The lowest BCUT2D eigenvalue weighted by atomic mass is 9.76. The van der Waals surface area contributed by atoms with Gasteiger partial charge in [0.25, 0.3) is 0 Å². The van der Waals surface area contributed by atoms with Crippen LogP contribution < -0.4 is 27.6 Å². The standard InChI is InChI=1S/C14H22N2O5.C9H13N3O/c1-2-3-4-5-6-7-8-14(9-10(17)18)11(19)15-13(21)16-12(14)20;10-9(13)8(12-11)6-7-4-2-1-3-5-7/h2-9H2,1H3,(H,17,18)(H2,15,16,19,20,21);1-5,8,12H,6,11H2,(H2,10,13)/t;8-/m.0/s1. The highest BCUT2D eigenvalue weighted by atomic mass is 16.4. The predicted octanol–water partition coefficient (Wildman–Crippen LogP) is 1.11. The van der Waals surface area contributed by atoms with Gasteiger partial charge in [0.15, 0.2) is 0 Å². The van der Waals surface area contributed by atoms with Crippen molar-refractivity contribution in [1.29, 1.82) is 0 Å². The third-order valence-electron chi connectivity index (χ3n) is 5.56. The van der Waals surface area contributed by atoms with E-state index in [1.54, 1.807) is 0 Å². The summed E-state index contributed by atoms with van der Waals surface area (Å²) in [6.07, 6.45) is 5.78. The first-order valence-electron chi connectivity index (χ1n) is 11.3. The Morgan fingerprint density at radius 2 is 1.56 bits per heavy atom. The summed E-state index contributed by atoms with van der Waals surface area (Å²) in [5, 5.41) is 12.9. The molecule has 1 aliphatic rings. The normalized spacial score (nSPS) is 15.4. The molecule has 1 heterocycles. The van der Waals surface area contributed by atoms with Crippen LogP contribution in [-0.2, 0) is 25.6 Å². The number of benzene rings is 1. The van der Waals surface area contributed by atoms with Crippen molar-refractivity contribution in [2.75, 3.05) is 0 Å². The summed E-state index contributed by atoms with van der Waals surface area (Å²) in [5.41, 5.74) is 6.84. The first-order chi connectivity index (χ1) is 16.2. The topological polar surface area (TPSA) is 194 Å². The minimum Gasteiger partial charge on any atom is -0.481 e. The average molecular weight is 478 g/mol. The number of carboxylic acids is 1. The number of hydrogen-bond donors (Lipinski definition) is 6. The van der Waals surface area contributed by atoms with Crippen LogP contribution in [0.1, 0.15) is 63.9 Å². The molecule has 1 fully saturated rings. The molecule has 2 rings (SSSR count). The summed E-state index contributed by atoms with van der Waals surface area (Å²) < 4.78 is 0. The molecule has 1 aromatic rings. The van der Waals surface area contributed by atoms with Crippen LogP contribution in [0.15, 0.2) is 30.3 Å². The van der Waals surface area contributed by atoms with Crippen LogP contribution in [0.5, 0.6) is 0 Å². The smallest absolute Gasteiger partial charge is 0.328 e. The molecule has 0 aromatic heterocycles. The highest BCUT2D eigenvalue weighted by Crippen LogP contribution is 2.32. The summed E-state index contributed by atoms with van der Waals surface area (Å²) in [5.74, 6) is 1.87. The number of rotatable bonds is 13. The quantitative estimate of drug-likeness (QED) is 0.105. The third kappa shape index (κ3) is 9.28. The van der Waals surface area contributed by atoms with Gasteiger partial charge in [-0.3, -0.25) is 35.7 Å². The number of carbonyl (C=O) groups is 5. The number of amides is 5. The molecule has 0 bridgehead atoms. The number of aliphatic carboxylic acids is 1. The van der Waals surface area contributed by atoms with Gasteiger partial charge in [-0.15, -0.1) is 0 Å². The Hall–Kier alpha value is -3.31. The van der Waals surface area contributed by atoms with E-state index < -0.39 is 47.6 Å². The van der Waals surface area contributed by atoms with Crippen LogP contribution in [0.25, 0.3) is 0 Å². The molecule has 1 aliphatic heterocycles. The SMILES string of the molecule is CCCCCCCCC1(CC(=O)O)C(=O)NC(=O)NC1=O.NN[C@@H](Cc1ccccc1)C(N)=O. The van der Waals surface area contributed by atoms with Crippen LogP contribution in [0.3, 0.4) is 0 Å². The number of imide groups is 2. The summed E-state index contributed by atoms with van der Waals surface area (Å²) in [6.45, 7) is 2.11. The van der Waals surface area contributed by atoms with Gasteiger partial charge in [0.1, 0.15) is 11.5 Å². The predicted molar refractivity (Wildman–Crippen MR) is 125 cm³/mol. The van der Waals surface area contributed by atoms with Gasteiger partial charge in [0.2, 0.25) is 17.7 Å². The molecule has 11 nitrogen and oxygen atoms in total. The summed E-state index contributed by atoms with van der Waals surface area (Å²) in [7, 11) is 0. The average Bonchev–Trinajstić information content (AvgIpc) is 2.78. The second-order valence-electron chi connectivity index (χ2n) is 8.22. The van der Waals surface area contributed by atoms with E-state index in [-0.39, 0.29) is 6.42 Å². The number of nitrogens with one attached hydrogen (secondary N) is 3. The molecule has 0 spiro atoms. The van der Waals surface area contributed by atoms with Crippen molar-refractivity contribution in [3.63, 3.8) is 0 Å². The molecular formula is C23H35N5O6. The van der Waals surface area contributed by atoms with Crippen molar-refractivity contribution < 1.29 is 29.1 Å².